The molecule has 9 nitrogen and oxygen atoms in total. The number of nitriles is 1. The van der Waals surface area contributed by atoms with E-state index in [-0.39, 0.29) is 12.5 Å². The number of rotatable bonds is 5. The van der Waals surface area contributed by atoms with Crippen LogP contribution in [-0.4, -0.2) is 30.9 Å². The van der Waals surface area contributed by atoms with Gasteiger partial charge in [-0.05, 0) is 25.5 Å². The fourth-order valence-electron chi connectivity index (χ4n) is 2.80. The number of H-pyrrole nitrogens is 1. The van der Waals surface area contributed by atoms with E-state index in [0.29, 0.717) is 15.8 Å². The zero-order valence-corrected chi connectivity index (χ0v) is 16.0. The molecule has 0 radical (unpaired) electrons. The molecule has 3 heterocycles. The quantitative estimate of drug-likeness (QED) is 0.478. The summed E-state index contributed by atoms with van der Waals surface area (Å²) in [6, 6.07) is 5.90. The van der Waals surface area contributed by atoms with Crippen LogP contribution < -0.4 is 10.6 Å². The number of hydrogen-bond donors (Lipinski definition) is 3. The van der Waals surface area contributed by atoms with Crippen LogP contribution in [0.15, 0.2) is 30.7 Å². The van der Waals surface area contributed by atoms with E-state index in [1.165, 1.54) is 17.5 Å². The number of thiazole rings is 1. The zero-order valence-electron chi connectivity index (χ0n) is 15.1. The number of carbonyl (C=O) groups excluding carboxylic acids is 1. The zero-order chi connectivity index (χ0) is 19.7. The molecule has 0 aliphatic heterocycles. The van der Waals surface area contributed by atoms with Gasteiger partial charge in [0.1, 0.15) is 11.4 Å². The highest BCUT2D eigenvalue weighted by atomic mass is 32.1. The highest BCUT2D eigenvalue weighted by Gasteiger charge is 2.15. The minimum atomic E-state index is -0.242. The summed E-state index contributed by atoms with van der Waals surface area (Å²) in [6.45, 7) is 3.99. The molecule has 28 heavy (non-hydrogen) atoms. The number of nitrogens with zero attached hydrogens (tertiary/aromatic N) is 5. The first-order valence-electron chi connectivity index (χ1n) is 8.43. The van der Waals surface area contributed by atoms with Crippen molar-refractivity contribution in [2.24, 2.45) is 0 Å². The SMILES string of the molecule is Cc1cn(CC#N)nc1Nc1ncc(C(=O)Nc2c(C)ccc3[nH]ncc23)s1. The van der Waals surface area contributed by atoms with Crippen LogP contribution in [0.2, 0.25) is 0 Å². The lowest BCUT2D eigenvalue weighted by molar-refractivity contribution is 0.103. The predicted octanol–water partition coefficient (Wildman–Crippen LogP) is 3.35. The van der Waals surface area contributed by atoms with Gasteiger partial charge in [-0.2, -0.15) is 15.5 Å². The summed E-state index contributed by atoms with van der Waals surface area (Å²) >= 11 is 1.23. The Morgan fingerprint density at radius 2 is 2.18 bits per heavy atom. The molecule has 0 atom stereocenters. The summed E-state index contributed by atoms with van der Waals surface area (Å²) < 4.78 is 1.55. The molecule has 0 unspecified atom stereocenters. The Labute approximate surface area is 164 Å². The lowest BCUT2D eigenvalue weighted by Gasteiger charge is -2.08. The second-order valence-corrected chi connectivity index (χ2v) is 7.24. The van der Waals surface area contributed by atoms with E-state index >= 15 is 0 Å². The average molecular weight is 392 g/mol. The van der Waals surface area contributed by atoms with Crippen LogP contribution in [0.5, 0.6) is 0 Å². The van der Waals surface area contributed by atoms with E-state index in [0.717, 1.165) is 27.7 Å². The molecular formula is C18H16N8OS. The van der Waals surface area contributed by atoms with Crippen molar-refractivity contribution in [1.29, 1.82) is 5.26 Å². The third-order valence-corrected chi connectivity index (χ3v) is 5.11. The first kappa shape index (κ1) is 17.7. The highest BCUT2D eigenvalue weighted by Crippen LogP contribution is 2.28. The van der Waals surface area contributed by atoms with Crippen molar-refractivity contribution in [3.8, 4) is 6.07 Å². The fraction of sp³-hybridized carbons (Fsp3) is 0.167. The van der Waals surface area contributed by atoms with Gasteiger partial charge >= 0.3 is 0 Å². The second-order valence-electron chi connectivity index (χ2n) is 6.21. The van der Waals surface area contributed by atoms with E-state index in [9.17, 15) is 4.79 Å². The molecule has 0 aliphatic carbocycles. The Morgan fingerprint density at radius 1 is 1.32 bits per heavy atom. The minimum Gasteiger partial charge on any atom is -0.320 e. The number of aryl methyl sites for hydroxylation is 2. The number of aromatic nitrogens is 5. The summed E-state index contributed by atoms with van der Waals surface area (Å²) in [6.07, 6.45) is 4.99. The molecule has 4 rings (SSSR count). The maximum Gasteiger partial charge on any atom is 0.267 e. The third kappa shape index (κ3) is 3.30. The molecular weight excluding hydrogens is 376 g/mol. The van der Waals surface area contributed by atoms with Crippen LogP contribution in [-0.2, 0) is 6.54 Å². The molecule has 140 valence electrons. The first-order valence-corrected chi connectivity index (χ1v) is 9.24. The van der Waals surface area contributed by atoms with Crippen molar-refractivity contribution in [2.45, 2.75) is 20.4 Å². The standard InChI is InChI=1S/C18H16N8OS/c1-10-3-4-13-12(7-21-24-13)15(10)22-17(27)14-8-20-18(28-14)23-16-11(2)9-26(25-16)6-5-19/h3-4,7-9H,6H2,1-2H3,(H,21,24)(H,22,27)(H,20,23,25). The Hall–Kier alpha value is -3.71. The van der Waals surface area contributed by atoms with Gasteiger partial charge in [0.15, 0.2) is 10.9 Å². The van der Waals surface area contributed by atoms with Crippen LogP contribution in [0.1, 0.15) is 20.8 Å². The van der Waals surface area contributed by atoms with Crippen molar-refractivity contribution < 1.29 is 4.79 Å². The Morgan fingerprint density at radius 3 is 3.00 bits per heavy atom. The van der Waals surface area contributed by atoms with Gasteiger partial charge in [0.25, 0.3) is 5.91 Å². The normalized spacial score (nSPS) is 10.8. The maximum absolute atomic E-state index is 12.7. The monoisotopic (exact) mass is 392 g/mol. The molecule has 1 amide bonds. The van der Waals surface area contributed by atoms with E-state index in [2.05, 4.69) is 30.9 Å². The number of amides is 1. The van der Waals surface area contributed by atoms with E-state index in [1.807, 2.05) is 32.0 Å². The molecule has 0 bridgehead atoms. The molecule has 0 saturated carbocycles. The highest BCUT2D eigenvalue weighted by molar-refractivity contribution is 7.17. The van der Waals surface area contributed by atoms with Gasteiger partial charge in [-0.15, -0.1) is 0 Å². The van der Waals surface area contributed by atoms with Crippen LogP contribution >= 0.6 is 11.3 Å². The number of aromatic amines is 1. The smallest absolute Gasteiger partial charge is 0.267 e. The average Bonchev–Trinajstić information content (AvgIpc) is 3.39. The van der Waals surface area contributed by atoms with Crippen LogP contribution in [0.25, 0.3) is 10.9 Å². The summed E-state index contributed by atoms with van der Waals surface area (Å²) in [5.41, 5.74) is 3.42. The van der Waals surface area contributed by atoms with E-state index in [1.54, 1.807) is 17.1 Å². The van der Waals surface area contributed by atoms with Crippen molar-refractivity contribution in [3.05, 3.63) is 46.7 Å². The summed E-state index contributed by atoms with van der Waals surface area (Å²) in [7, 11) is 0. The van der Waals surface area contributed by atoms with Crippen LogP contribution in [0.3, 0.4) is 0 Å². The second kappa shape index (κ2) is 7.13. The van der Waals surface area contributed by atoms with Gasteiger partial charge in [-0.3, -0.25) is 14.6 Å². The summed E-state index contributed by atoms with van der Waals surface area (Å²) in [5.74, 6) is 0.365. The van der Waals surface area contributed by atoms with Crippen molar-refractivity contribution in [1.82, 2.24) is 25.0 Å². The van der Waals surface area contributed by atoms with Crippen molar-refractivity contribution in [2.75, 3.05) is 10.6 Å². The Bertz CT molecular complexity index is 1210. The summed E-state index contributed by atoms with van der Waals surface area (Å²) in [5, 5.41) is 27.5. The van der Waals surface area contributed by atoms with Crippen molar-refractivity contribution in [3.63, 3.8) is 0 Å². The molecule has 10 heteroatoms. The predicted molar refractivity (Wildman–Crippen MR) is 107 cm³/mol. The molecule has 0 fully saturated rings. The number of nitrogens with one attached hydrogen (secondary N) is 3. The fourth-order valence-corrected chi connectivity index (χ4v) is 3.51. The molecule has 4 aromatic rings. The van der Waals surface area contributed by atoms with Gasteiger partial charge in [0, 0.05) is 17.1 Å². The van der Waals surface area contributed by atoms with Gasteiger partial charge in [-0.1, -0.05) is 17.4 Å². The number of benzene rings is 1. The molecule has 3 aromatic heterocycles. The number of anilines is 3. The number of fused-ring (bicyclic) bond motifs is 1. The first-order chi connectivity index (χ1) is 13.5. The molecule has 3 N–H and O–H groups in total. The Kier molecular flexibility index (Phi) is 4.50. The summed E-state index contributed by atoms with van der Waals surface area (Å²) in [4.78, 5) is 17.4. The lowest BCUT2D eigenvalue weighted by Crippen LogP contribution is -2.11. The maximum atomic E-state index is 12.7. The van der Waals surface area contributed by atoms with Gasteiger partial charge in [0.05, 0.1) is 29.7 Å². The topological polar surface area (TPSA) is 124 Å². The molecule has 1 aromatic carbocycles. The molecule has 0 aliphatic rings. The number of carbonyl (C=O) groups is 1. The van der Waals surface area contributed by atoms with Crippen LogP contribution in [0.4, 0.5) is 16.6 Å². The molecule has 0 spiro atoms. The van der Waals surface area contributed by atoms with Gasteiger partial charge in [0.2, 0.25) is 0 Å². The van der Waals surface area contributed by atoms with E-state index in [4.69, 9.17) is 5.26 Å². The van der Waals surface area contributed by atoms with Gasteiger partial charge in [-0.25, -0.2) is 4.98 Å². The largest absolute Gasteiger partial charge is 0.320 e. The lowest BCUT2D eigenvalue weighted by atomic mass is 10.1. The van der Waals surface area contributed by atoms with Crippen molar-refractivity contribution >= 4 is 44.8 Å². The third-order valence-electron chi connectivity index (χ3n) is 4.20. The Balaban J connectivity index is 1.52. The molecule has 0 saturated heterocycles. The van der Waals surface area contributed by atoms with Crippen LogP contribution in [0, 0.1) is 25.2 Å². The van der Waals surface area contributed by atoms with E-state index < -0.39 is 0 Å². The minimum absolute atomic E-state index is 0.174. The van der Waals surface area contributed by atoms with Gasteiger partial charge < -0.3 is 10.6 Å². The number of hydrogen-bond acceptors (Lipinski definition) is 7.